The van der Waals surface area contributed by atoms with E-state index in [4.69, 9.17) is 1.43 Å². The highest BCUT2D eigenvalue weighted by atomic mass is 16.4. The van der Waals surface area contributed by atoms with Crippen molar-refractivity contribution < 1.29 is 14.7 Å². The maximum absolute atomic E-state index is 12.1. The Balaban J connectivity index is 2.00. The van der Waals surface area contributed by atoms with Crippen LogP contribution in [-0.2, 0) is 22.4 Å². The zero-order valence-corrected chi connectivity index (χ0v) is 11.5. The third-order valence-corrected chi connectivity index (χ3v) is 3.11. The number of nitrogens with one attached hydrogen (secondary N) is 1. The minimum Gasteiger partial charge on any atom is -0.480 e. The zero-order valence-electron chi connectivity index (χ0n) is 12.5. The van der Waals surface area contributed by atoms with Crippen LogP contribution in [0.2, 0.25) is 0 Å². The molecule has 0 heterocycles. The number of rotatable bonds is 6. The van der Waals surface area contributed by atoms with Gasteiger partial charge in [0.15, 0.2) is 0 Å². The Morgan fingerprint density at radius 2 is 1.57 bits per heavy atom. The molecule has 1 amide bonds. The van der Waals surface area contributed by atoms with Crippen LogP contribution in [0.3, 0.4) is 0 Å². The van der Waals surface area contributed by atoms with Gasteiger partial charge in [-0.25, -0.2) is 4.79 Å². The number of carbonyl (C=O) groups excluding carboxylic acids is 1. The lowest BCUT2D eigenvalue weighted by Crippen LogP contribution is -2.43. The van der Waals surface area contributed by atoms with Gasteiger partial charge >= 0.3 is 5.97 Å². The summed E-state index contributed by atoms with van der Waals surface area (Å²) in [7, 11) is 0. The molecule has 0 aliphatic carbocycles. The molecule has 0 spiro atoms. The maximum atomic E-state index is 12.1. The van der Waals surface area contributed by atoms with Crippen LogP contribution in [0, 0.1) is 0 Å². The van der Waals surface area contributed by atoms with Crippen LogP contribution < -0.4 is 5.32 Å². The number of carboxylic acids is 1. The minimum absolute atomic E-state index is 0.178. The quantitative estimate of drug-likeness (QED) is 0.853. The second kappa shape index (κ2) is 7.24. The molecule has 2 rings (SSSR count). The molecule has 108 valence electrons. The molecule has 2 N–H and O–H groups in total. The Hall–Kier alpha value is -2.62. The molecule has 4 nitrogen and oxygen atoms in total. The van der Waals surface area contributed by atoms with Gasteiger partial charge in [0, 0.05) is 6.42 Å². The van der Waals surface area contributed by atoms with E-state index in [1.54, 1.807) is 0 Å². The van der Waals surface area contributed by atoms with Gasteiger partial charge in [-0.05, 0) is 11.1 Å². The van der Waals surface area contributed by atoms with Gasteiger partial charge in [0.25, 0.3) is 1.43 Å². The second-order valence-corrected chi connectivity index (χ2v) is 4.79. The lowest BCUT2D eigenvalue weighted by atomic mass is 10.1. The van der Waals surface area contributed by atoms with Crippen molar-refractivity contribution in [1.82, 2.24) is 5.32 Å². The Morgan fingerprint density at radius 1 is 1.00 bits per heavy atom. The SMILES string of the molecule is [2H]OC(=O)[C@H](Cc1ccccc1)NC(=O)Cc1ccccc1. The molecular formula is C17H17NO3. The van der Waals surface area contributed by atoms with Gasteiger partial charge in [0.2, 0.25) is 5.91 Å². The molecule has 2 aromatic rings. The molecule has 21 heavy (non-hydrogen) atoms. The molecule has 0 bridgehead atoms. The normalized spacial score (nSPS) is 12.1. The molecule has 1 atom stereocenters. The molecule has 0 saturated heterocycles. The van der Waals surface area contributed by atoms with Crippen LogP contribution >= 0.6 is 0 Å². The molecule has 0 radical (unpaired) electrons. The average molecular weight is 284 g/mol. The first kappa shape index (κ1) is 13.4. The van der Waals surface area contributed by atoms with Gasteiger partial charge in [-0.15, -0.1) is 0 Å². The summed E-state index contributed by atoms with van der Waals surface area (Å²) < 4.78 is 6.77. The topological polar surface area (TPSA) is 66.4 Å². The molecule has 0 aliphatic heterocycles. The van der Waals surface area contributed by atoms with Gasteiger partial charge in [-0.1, -0.05) is 60.7 Å². The minimum atomic E-state index is -0.865. The van der Waals surface area contributed by atoms with Crippen molar-refractivity contribution in [1.29, 1.82) is 1.43 Å². The van der Waals surface area contributed by atoms with Crippen LogP contribution in [0.15, 0.2) is 60.7 Å². The van der Waals surface area contributed by atoms with E-state index in [1.807, 2.05) is 60.7 Å². The Labute approximate surface area is 124 Å². The van der Waals surface area contributed by atoms with Gasteiger partial charge < -0.3 is 10.4 Å². The predicted molar refractivity (Wildman–Crippen MR) is 79.9 cm³/mol. The molecular weight excluding hydrogens is 266 g/mol. The number of hydrogen-bond donors (Lipinski definition) is 2. The monoisotopic (exact) mass is 284 g/mol. The van der Waals surface area contributed by atoms with Crippen LogP contribution in [0.5, 0.6) is 0 Å². The molecule has 2 aromatic carbocycles. The summed E-state index contributed by atoms with van der Waals surface area (Å²) >= 11 is 0. The standard InChI is InChI=1S/C17H17NO3/c19-16(12-14-9-5-2-6-10-14)18-15(17(20)21)11-13-7-3-1-4-8-13/h1-10,15H,11-12H2,(H,18,19)(H,20,21)/t15-/m0/s1/i/hD. The first-order valence-corrected chi connectivity index (χ1v) is 6.73. The summed E-state index contributed by atoms with van der Waals surface area (Å²) in [4.78, 5) is 23.7. The fourth-order valence-electron chi connectivity index (χ4n) is 2.07. The molecule has 0 saturated carbocycles. The highest BCUT2D eigenvalue weighted by Crippen LogP contribution is 2.05. The van der Waals surface area contributed by atoms with Crippen LogP contribution in [-0.4, -0.2) is 23.0 Å². The lowest BCUT2D eigenvalue weighted by Gasteiger charge is -2.14. The summed E-state index contributed by atoms with van der Waals surface area (Å²) in [6.45, 7) is 0. The van der Waals surface area contributed by atoms with E-state index >= 15 is 0 Å². The van der Waals surface area contributed by atoms with Gasteiger partial charge in [-0.2, -0.15) is 0 Å². The van der Waals surface area contributed by atoms with E-state index in [1.165, 1.54) is 0 Å². The Kier molecular flexibility index (Phi) is 4.61. The molecule has 0 aromatic heterocycles. The van der Waals surface area contributed by atoms with Gasteiger partial charge in [0.05, 0.1) is 6.42 Å². The predicted octanol–water partition coefficient (Wildman–Crippen LogP) is 2.04. The van der Waals surface area contributed by atoms with E-state index in [2.05, 4.69) is 10.4 Å². The fraction of sp³-hybridized carbons (Fsp3) is 0.176. The summed E-state index contributed by atoms with van der Waals surface area (Å²) in [6.07, 6.45) is 0.469. The summed E-state index contributed by atoms with van der Waals surface area (Å²) in [6, 6.07) is 17.7. The number of amides is 1. The number of carboxylic acid groups (broad SMARTS) is 1. The van der Waals surface area contributed by atoms with E-state index < -0.39 is 12.0 Å². The fourth-order valence-corrected chi connectivity index (χ4v) is 2.07. The summed E-state index contributed by atoms with van der Waals surface area (Å²) in [5.41, 5.74) is 1.75. The van der Waals surface area contributed by atoms with Crippen LogP contribution in [0.25, 0.3) is 1.43 Å². The number of hydrogen-bond acceptors (Lipinski definition) is 3. The Bertz CT molecular complexity index is 616. The van der Waals surface area contributed by atoms with Crippen molar-refractivity contribution in [3.05, 3.63) is 71.8 Å². The maximum Gasteiger partial charge on any atom is 0.326 e. The van der Waals surface area contributed by atoms with E-state index in [9.17, 15) is 9.59 Å². The van der Waals surface area contributed by atoms with Crippen molar-refractivity contribution in [2.75, 3.05) is 0 Å². The van der Waals surface area contributed by atoms with E-state index in [0.29, 0.717) is 6.42 Å². The highest BCUT2D eigenvalue weighted by Gasteiger charge is 2.20. The average Bonchev–Trinajstić information content (AvgIpc) is 2.55. The van der Waals surface area contributed by atoms with Crippen molar-refractivity contribution in [3.8, 4) is 0 Å². The summed E-state index contributed by atoms with van der Waals surface area (Å²) in [5, 5.41) is 6.66. The van der Waals surface area contributed by atoms with Gasteiger partial charge in [0.1, 0.15) is 6.04 Å². The van der Waals surface area contributed by atoms with Crippen LogP contribution in [0.4, 0.5) is 0 Å². The lowest BCUT2D eigenvalue weighted by molar-refractivity contribution is -0.141. The van der Waals surface area contributed by atoms with Crippen molar-refractivity contribution >= 4 is 11.9 Å². The highest BCUT2D eigenvalue weighted by molar-refractivity contribution is 5.85. The van der Waals surface area contributed by atoms with Crippen molar-refractivity contribution in [3.63, 3.8) is 0 Å². The third kappa shape index (κ3) is 4.76. The number of aliphatic carboxylic acids is 1. The smallest absolute Gasteiger partial charge is 0.326 e. The first-order valence-electron chi connectivity index (χ1n) is 7.14. The van der Waals surface area contributed by atoms with Crippen LogP contribution in [0.1, 0.15) is 11.1 Å². The first-order chi connectivity index (χ1) is 10.7. The number of benzene rings is 2. The van der Waals surface area contributed by atoms with E-state index in [-0.39, 0.29) is 12.3 Å². The van der Waals surface area contributed by atoms with Crippen molar-refractivity contribution in [2.45, 2.75) is 18.9 Å². The third-order valence-electron chi connectivity index (χ3n) is 3.11. The molecule has 0 unspecified atom stereocenters. The second-order valence-electron chi connectivity index (χ2n) is 4.79. The zero-order chi connectivity index (χ0) is 15.8. The Morgan fingerprint density at radius 3 is 2.14 bits per heavy atom. The van der Waals surface area contributed by atoms with Gasteiger partial charge in [-0.3, -0.25) is 4.79 Å². The molecule has 0 fully saturated rings. The van der Waals surface area contributed by atoms with Crippen molar-refractivity contribution in [2.24, 2.45) is 0 Å². The molecule has 4 heteroatoms. The van der Waals surface area contributed by atoms with E-state index in [0.717, 1.165) is 11.1 Å². The largest absolute Gasteiger partial charge is 0.480 e. The summed E-state index contributed by atoms with van der Waals surface area (Å²) in [5.74, 6) is -1.05. The molecule has 0 aliphatic rings. The number of carbonyl (C=O) groups is 2.